The van der Waals surface area contributed by atoms with Crippen LogP contribution in [0.5, 0.6) is 0 Å². The lowest BCUT2D eigenvalue weighted by Gasteiger charge is -2.22. The molecule has 28 heavy (non-hydrogen) atoms. The lowest BCUT2D eigenvalue weighted by molar-refractivity contribution is 0.0937. The van der Waals surface area contributed by atoms with Crippen LogP contribution in [0.4, 0.5) is 4.39 Å². The number of aliphatic hydroxyl groups excluding tert-OH is 1. The highest BCUT2D eigenvalue weighted by molar-refractivity contribution is 5.94. The van der Waals surface area contributed by atoms with Gasteiger partial charge in [-0.3, -0.25) is 14.4 Å². The lowest BCUT2D eigenvalue weighted by Crippen LogP contribution is -2.39. The minimum absolute atomic E-state index is 0.159. The van der Waals surface area contributed by atoms with Crippen molar-refractivity contribution in [2.24, 2.45) is 7.05 Å². The maximum Gasteiger partial charge on any atom is 0.271 e. The Morgan fingerprint density at radius 1 is 1.39 bits per heavy atom. The van der Waals surface area contributed by atoms with Crippen LogP contribution in [-0.4, -0.2) is 63.0 Å². The molecule has 0 radical (unpaired) electrons. The fourth-order valence-corrected chi connectivity index (χ4v) is 3.87. The smallest absolute Gasteiger partial charge is 0.271 e. The van der Waals surface area contributed by atoms with Crippen molar-refractivity contribution in [2.75, 3.05) is 26.2 Å². The number of carbonyl (C=O) groups is 1. The van der Waals surface area contributed by atoms with Crippen LogP contribution >= 0.6 is 0 Å². The maximum atomic E-state index is 13.4. The van der Waals surface area contributed by atoms with Crippen molar-refractivity contribution in [3.63, 3.8) is 0 Å². The Balaban J connectivity index is 1.43. The SMILES string of the molecule is Cn1nc(C(=O)NCCN2CCC[C@@H]2CO)cc1-c1cc2cc(F)ccc2[nH]1. The Morgan fingerprint density at radius 2 is 2.25 bits per heavy atom. The third kappa shape index (κ3) is 3.65. The van der Waals surface area contributed by atoms with Crippen LogP contribution in [0.3, 0.4) is 0 Å². The highest BCUT2D eigenvalue weighted by atomic mass is 19.1. The summed E-state index contributed by atoms with van der Waals surface area (Å²) in [6, 6.07) is 8.34. The normalized spacial score (nSPS) is 17.5. The number of aromatic amines is 1. The van der Waals surface area contributed by atoms with Gasteiger partial charge in [-0.1, -0.05) is 0 Å². The summed E-state index contributed by atoms with van der Waals surface area (Å²) in [6.45, 7) is 2.33. The molecule has 1 aliphatic heterocycles. The van der Waals surface area contributed by atoms with Gasteiger partial charge in [0, 0.05) is 37.1 Å². The van der Waals surface area contributed by atoms with Gasteiger partial charge in [-0.2, -0.15) is 5.10 Å². The summed E-state index contributed by atoms with van der Waals surface area (Å²) in [4.78, 5) is 17.9. The van der Waals surface area contributed by atoms with Crippen LogP contribution < -0.4 is 5.32 Å². The topological polar surface area (TPSA) is 86.2 Å². The Bertz CT molecular complexity index is 996. The van der Waals surface area contributed by atoms with E-state index in [2.05, 4.69) is 20.3 Å². The van der Waals surface area contributed by atoms with E-state index in [1.807, 2.05) is 6.07 Å². The minimum Gasteiger partial charge on any atom is -0.395 e. The van der Waals surface area contributed by atoms with Crippen LogP contribution in [-0.2, 0) is 7.05 Å². The van der Waals surface area contributed by atoms with Crippen molar-refractivity contribution in [2.45, 2.75) is 18.9 Å². The predicted molar refractivity (Wildman–Crippen MR) is 104 cm³/mol. The number of hydrogen-bond donors (Lipinski definition) is 3. The molecule has 1 aromatic carbocycles. The zero-order valence-electron chi connectivity index (χ0n) is 15.8. The first kappa shape index (κ1) is 18.6. The number of H-pyrrole nitrogens is 1. The quantitative estimate of drug-likeness (QED) is 0.605. The van der Waals surface area contributed by atoms with Crippen molar-refractivity contribution in [3.8, 4) is 11.4 Å². The first-order chi connectivity index (χ1) is 13.5. The van der Waals surface area contributed by atoms with E-state index in [4.69, 9.17) is 0 Å². The molecule has 3 N–H and O–H groups in total. The van der Waals surface area contributed by atoms with Crippen LogP contribution in [0.15, 0.2) is 30.3 Å². The number of rotatable bonds is 6. The van der Waals surface area contributed by atoms with Crippen LogP contribution in [0.1, 0.15) is 23.3 Å². The van der Waals surface area contributed by atoms with Crippen molar-refractivity contribution in [1.82, 2.24) is 25.0 Å². The molecular formula is C20H24FN5O2. The van der Waals surface area contributed by atoms with E-state index in [9.17, 15) is 14.3 Å². The van der Waals surface area contributed by atoms with Gasteiger partial charge in [-0.15, -0.1) is 0 Å². The number of carbonyl (C=O) groups excluding carboxylic acids is 1. The van der Waals surface area contributed by atoms with Gasteiger partial charge in [0.15, 0.2) is 5.69 Å². The van der Waals surface area contributed by atoms with Gasteiger partial charge in [-0.05, 0) is 49.7 Å². The summed E-state index contributed by atoms with van der Waals surface area (Å²) in [6.07, 6.45) is 2.08. The Kier molecular flexibility index (Phi) is 5.15. The summed E-state index contributed by atoms with van der Waals surface area (Å²) in [7, 11) is 1.77. The van der Waals surface area contributed by atoms with E-state index in [0.717, 1.165) is 41.7 Å². The van der Waals surface area contributed by atoms with Gasteiger partial charge in [0.2, 0.25) is 0 Å². The second-order valence-electron chi connectivity index (χ2n) is 7.22. The summed E-state index contributed by atoms with van der Waals surface area (Å²) >= 11 is 0. The minimum atomic E-state index is -0.287. The summed E-state index contributed by atoms with van der Waals surface area (Å²) in [5, 5.41) is 17.3. The van der Waals surface area contributed by atoms with E-state index in [-0.39, 0.29) is 24.4 Å². The van der Waals surface area contributed by atoms with Crippen molar-refractivity contribution in [3.05, 3.63) is 41.8 Å². The second-order valence-corrected chi connectivity index (χ2v) is 7.22. The van der Waals surface area contributed by atoms with Crippen molar-refractivity contribution in [1.29, 1.82) is 0 Å². The molecule has 3 heterocycles. The Labute approximate surface area is 162 Å². The highest BCUT2D eigenvalue weighted by Gasteiger charge is 2.23. The van der Waals surface area contributed by atoms with E-state index in [0.29, 0.717) is 18.8 Å². The molecular weight excluding hydrogens is 361 g/mol. The van der Waals surface area contributed by atoms with Gasteiger partial charge < -0.3 is 15.4 Å². The monoisotopic (exact) mass is 385 g/mol. The zero-order valence-corrected chi connectivity index (χ0v) is 15.8. The number of fused-ring (bicyclic) bond motifs is 1. The number of hydrogen-bond acceptors (Lipinski definition) is 4. The number of nitrogens with zero attached hydrogens (tertiary/aromatic N) is 3. The standard InChI is InChI=1S/C20H24FN5O2/c1-25-19(17-10-13-9-14(21)4-5-16(13)23-17)11-18(24-25)20(28)22-6-8-26-7-2-3-15(26)12-27/h4-5,9-11,15,23,27H,2-3,6-8,12H2,1H3,(H,22,28)/t15-/m1/s1. The number of aryl methyl sites for hydroxylation is 1. The number of amides is 1. The molecule has 4 rings (SSSR count). The number of aromatic nitrogens is 3. The van der Waals surface area contributed by atoms with Crippen LogP contribution in [0.2, 0.25) is 0 Å². The molecule has 1 aliphatic rings. The van der Waals surface area contributed by atoms with E-state index >= 15 is 0 Å². The van der Waals surface area contributed by atoms with E-state index in [1.165, 1.54) is 12.1 Å². The van der Waals surface area contributed by atoms with E-state index < -0.39 is 0 Å². The van der Waals surface area contributed by atoms with Gasteiger partial charge in [0.1, 0.15) is 5.82 Å². The molecule has 0 unspecified atom stereocenters. The molecule has 0 saturated carbocycles. The molecule has 2 aromatic heterocycles. The molecule has 1 fully saturated rings. The molecule has 3 aromatic rings. The molecule has 0 spiro atoms. The molecule has 0 bridgehead atoms. The molecule has 1 amide bonds. The van der Waals surface area contributed by atoms with Gasteiger partial charge in [0.05, 0.1) is 18.0 Å². The predicted octanol–water partition coefficient (Wildman–Crippen LogP) is 1.89. The van der Waals surface area contributed by atoms with Crippen molar-refractivity contribution < 1.29 is 14.3 Å². The third-order valence-corrected chi connectivity index (χ3v) is 5.37. The molecule has 8 heteroatoms. The number of halogens is 1. The first-order valence-corrected chi connectivity index (χ1v) is 9.51. The maximum absolute atomic E-state index is 13.4. The van der Waals surface area contributed by atoms with Crippen LogP contribution in [0, 0.1) is 5.82 Å². The number of aliphatic hydroxyl groups is 1. The highest BCUT2D eigenvalue weighted by Crippen LogP contribution is 2.25. The van der Waals surface area contributed by atoms with Gasteiger partial charge in [-0.25, -0.2) is 4.39 Å². The third-order valence-electron chi connectivity index (χ3n) is 5.37. The van der Waals surface area contributed by atoms with Gasteiger partial charge >= 0.3 is 0 Å². The average molecular weight is 385 g/mol. The summed E-state index contributed by atoms with van der Waals surface area (Å²) < 4.78 is 15.1. The average Bonchev–Trinajstić information content (AvgIpc) is 3.38. The van der Waals surface area contributed by atoms with Crippen LogP contribution in [0.25, 0.3) is 22.3 Å². The number of benzene rings is 1. The van der Waals surface area contributed by atoms with E-state index in [1.54, 1.807) is 23.9 Å². The fraction of sp³-hybridized carbons (Fsp3) is 0.400. The fourth-order valence-electron chi connectivity index (χ4n) is 3.87. The van der Waals surface area contributed by atoms with Crippen molar-refractivity contribution >= 4 is 16.8 Å². The first-order valence-electron chi connectivity index (χ1n) is 9.51. The molecule has 1 atom stereocenters. The zero-order chi connectivity index (χ0) is 19.7. The molecule has 1 saturated heterocycles. The lowest BCUT2D eigenvalue weighted by atomic mass is 10.2. The Morgan fingerprint density at radius 3 is 3.07 bits per heavy atom. The summed E-state index contributed by atoms with van der Waals surface area (Å²) in [5.74, 6) is -0.520. The largest absolute Gasteiger partial charge is 0.395 e. The molecule has 7 nitrogen and oxygen atoms in total. The molecule has 0 aliphatic carbocycles. The molecule has 148 valence electrons. The summed E-state index contributed by atoms with van der Waals surface area (Å²) in [5.41, 5.74) is 2.69. The van der Waals surface area contributed by atoms with Gasteiger partial charge in [0.25, 0.3) is 5.91 Å². The second kappa shape index (κ2) is 7.73. The number of likely N-dealkylation sites (tertiary alicyclic amines) is 1. The number of nitrogens with one attached hydrogen (secondary N) is 2. The Hall–Kier alpha value is -2.71.